The molecule has 0 aliphatic carbocycles. The second kappa shape index (κ2) is 7.49. The Kier molecular flexibility index (Phi) is 5.62. The first-order valence-electron chi connectivity index (χ1n) is 7.43. The smallest absolute Gasteiger partial charge is 0.313 e. The van der Waals surface area contributed by atoms with Crippen molar-refractivity contribution in [2.45, 2.75) is 18.8 Å². The van der Waals surface area contributed by atoms with Crippen molar-refractivity contribution in [3.8, 4) is 11.1 Å². The van der Waals surface area contributed by atoms with E-state index in [1.54, 1.807) is 36.4 Å². The first-order valence-corrected chi connectivity index (χ1v) is 7.43. The van der Waals surface area contributed by atoms with Gasteiger partial charge >= 0.3 is 5.97 Å². The van der Waals surface area contributed by atoms with Gasteiger partial charge in [-0.2, -0.15) is 0 Å². The molecule has 24 heavy (non-hydrogen) atoms. The van der Waals surface area contributed by atoms with Gasteiger partial charge in [0.2, 0.25) is 0 Å². The molecule has 3 nitrogen and oxygen atoms in total. The molecule has 0 radical (unpaired) electrons. The molecule has 0 saturated carbocycles. The van der Waals surface area contributed by atoms with Gasteiger partial charge in [-0.1, -0.05) is 42.5 Å². The van der Waals surface area contributed by atoms with Crippen molar-refractivity contribution in [3.63, 3.8) is 0 Å². The lowest BCUT2D eigenvalue weighted by molar-refractivity contribution is -0.155. The highest BCUT2D eigenvalue weighted by Gasteiger charge is 2.30. The number of ether oxygens (including phenoxy) is 1. The molecule has 0 aromatic heterocycles. The van der Waals surface area contributed by atoms with Crippen molar-refractivity contribution >= 4 is 5.97 Å². The molecule has 6 heteroatoms. The molecular formula is C18H18F3NO2. The first kappa shape index (κ1) is 18.0. The second-order valence-corrected chi connectivity index (χ2v) is 5.49. The molecule has 0 aliphatic rings. The maximum absolute atomic E-state index is 14.3. The summed E-state index contributed by atoms with van der Waals surface area (Å²) in [6.07, 6.45) is 0. The van der Waals surface area contributed by atoms with Crippen LogP contribution in [0.5, 0.6) is 0 Å². The molecule has 1 unspecified atom stereocenters. The van der Waals surface area contributed by atoms with Gasteiger partial charge in [-0.25, -0.2) is 13.2 Å². The van der Waals surface area contributed by atoms with Crippen LogP contribution in [-0.4, -0.2) is 25.0 Å². The van der Waals surface area contributed by atoms with Gasteiger partial charge in [0.25, 0.3) is 5.92 Å². The summed E-state index contributed by atoms with van der Waals surface area (Å²) < 4.78 is 44.9. The lowest BCUT2D eigenvalue weighted by atomic mass is 9.97. The average Bonchev–Trinajstić information content (AvgIpc) is 2.59. The van der Waals surface area contributed by atoms with Crippen LogP contribution in [0.25, 0.3) is 11.1 Å². The van der Waals surface area contributed by atoms with E-state index in [1.165, 1.54) is 13.0 Å². The number of carbonyl (C=O) groups is 1. The molecule has 1 atom stereocenters. The predicted molar refractivity (Wildman–Crippen MR) is 85.2 cm³/mol. The number of carbonyl (C=O) groups excluding carboxylic acids is 1. The van der Waals surface area contributed by atoms with Crippen LogP contribution in [0.2, 0.25) is 0 Å². The Labute approximate surface area is 138 Å². The van der Waals surface area contributed by atoms with Gasteiger partial charge in [0.1, 0.15) is 5.82 Å². The average molecular weight is 337 g/mol. The normalized spacial score (nSPS) is 12.7. The van der Waals surface area contributed by atoms with Crippen LogP contribution < -0.4 is 5.73 Å². The summed E-state index contributed by atoms with van der Waals surface area (Å²) in [5, 5.41) is 0. The summed E-state index contributed by atoms with van der Waals surface area (Å²) in [5.41, 5.74) is 6.34. The Hall–Kier alpha value is -2.34. The standard InChI is InChI=1S/C18H18F3NO2/c1-12(17(23)24-11-18(20,21)10-22)14-7-8-15(16(19)9-14)13-5-3-2-4-6-13/h2-9,12H,10-11,22H2,1H3. The fourth-order valence-electron chi connectivity index (χ4n) is 2.15. The minimum Gasteiger partial charge on any atom is -0.459 e. The van der Waals surface area contributed by atoms with Crippen molar-refractivity contribution in [1.82, 2.24) is 0 Å². The van der Waals surface area contributed by atoms with E-state index >= 15 is 0 Å². The highest BCUT2D eigenvalue weighted by Crippen LogP contribution is 2.27. The summed E-state index contributed by atoms with van der Waals surface area (Å²) in [4.78, 5) is 11.9. The van der Waals surface area contributed by atoms with Crippen LogP contribution >= 0.6 is 0 Å². The molecule has 0 bridgehead atoms. The zero-order chi connectivity index (χ0) is 17.7. The Morgan fingerprint density at radius 1 is 1.21 bits per heavy atom. The van der Waals surface area contributed by atoms with E-state index in [4.69, 9.17) is 5.73 Å². The van der Waals surface area contributed by atoms with Crippen LogP contribution in [0.3, 0.4) is 0 Å². The molecule has 2 aromatic rings. The zero-order valence-corrected chi connectivity index (χ0v) is 13.1. The molecule has 0 heterocycles. The maximum Gasteiger partial charge on any atom is 0.313 e. The Morgan fingerprint density at radius 3 is 2.46 bits per heavy atom. The Morgan fingerprint density at radius 2 is 1.88 bits per heavy atom. The number of benzene rings is 2. The number of hydrogen-bond donors (Lipinski definition) is 1. The molecule has 0 aliphatic heterocycles. The lowest BCUT2D eigenvalue weighted by Crippen LogP contribution is -2.34. The van der Waals surface area contributed by atoms with Gasteiger partial charge in [0, 0.05) is 5.56 Å². The quantitative estimate of drug-likeness (QED) is 0.817. The molecule has 2 rings (SSSR count). The molecule has 2 N–H and O–H groups in total. The minimum absolute atomic E-state index is 0.355. The van der Waals surface area contributed by atoms with Gasteiger partial charge < -0.3 is 10.5 Å². The number of rotatable bonds is 6. The van der Waals surface area contributed by atoms with Gasteiger partial charge in [0.05, 0.1) is 12.5 Å². The van der Waals surface area contributed by atoms with Crippen molar-refractivity contribution in [2.24, 2.45) is 5.73 Å². The van der Waals surface area contributed by atoms with Crippen LogP contribution in [0.4, 0.5) is 13.2 Å². The number of hydrogen-bond acceptors (Lipinski definition) is 3. The van der Waals surface area contributed by atoms with Crippen molar-refractivity contribution in [2.75, 3.05) is 13.2 Å². The topological polar surface area (TPSA) is 52.3 Å². The van der Waals surface area contributed by atoms with Crippen molar-refractivity contribution < 1.29 is 22.7 Å². The van der Waals surface area contributed by atoms with Crippen LogP contribution in [0.1, 0.15) is 18.4 Å². The van der Waals surface area contributed by atoms with Gasteiger partial charge in [-0.05, 0) is 24.1 Å². The Balaban J connectivity index is 2.12. The third kappa shape index (κ3) is 4.35. The SMILES string of the molecule is CC(C(=O)OCC(F)(F)CN)c1ccc(-c2ccccc2)c(F)c1. The molecule has 0 amide bonds. The van der Waals surface area contributed by atoms with E-state index in [2.05, 4.69) is 4.74 Å². The first-order chi connectivity index (χ1) is 11.3. The summed E-state index contributed by atoms with van der Waals surface area (Å²) >= 11 is 0. The third-order valence-electron chi connectivity index (χ3n) is 3.66. The number of halogens is 3. The van der Waals surface area contributed by atoms with Gasteiger partial charge in [-0.3, -0.25) is 4.79 Å². The van der Waals surface area contributed by atoms with E-state index < -0.39 is 36.8 Å². The van der Waals surface area contributed by atoms with Gasteiger partial charge in [-0.15, -0.1) is 0 Å². The molecular weight excluding hydrogens is 319 g/mol. The molecule has 0 spiro atoms. The van der Waals surface area contributed by atoms with Crippen LogP contribution in [0, 0.1) is 5.82 Å². The van der Waals surface area contributed by atoms with E-state index in [9.17, 15) is 18.0 Å². The van der Waals surface area contributed by atoms with E-state index in [0.29, 0.717) is 16.7 Å². The molecule has 0 fully saturated rings. The molecule has 128 valence electrons. The van der Waals surface area contributed by atoms with E-state index in [0.717, 1.165) is 0 Å². The molecule has 2 aromatic carbocycles. The Bertz CT molecular complexity index is 705. The van der Waals surface area contributed by atoms with E-state index in [-0.39, 0.29) is 0 Å². The summed E-state index contributed by atoms with van der Waals surface area (Å²) in [5.74, 6) is -5.48. The summed E-state index contributed by atoms with van der Waals surface area (Å²) in [6, 6.07) is 13.3. The van der Waals surface area contributed by atoms with Crippen LogP contribution in [-0.2, 0) is 9.53 Å². The lowest BCUT2D eigenvalue weighted by Gasteiger charge is -2.17. The largest absolute Gasteiger partial charge is 0.459 e. The highest BCUT2D eigenvalue weighted by atomic mass is 19.3. The third-order valence-corrected chi connectivity index (χ3v) is 3.66. The van der Waals surface area contributed by atoms with Crippen LogP contribution in [0.15, 0.2) is 48.5 Å². The summed E-state index contributed by atoms with van der Waals surface area (Å²) in [6.45, 7) is -0.522. The number of esters is 1. The number of nitrogens with two attached hydrogens (primary N) is 1. The maximum atomic E-state index is 14.3. The summed E-state index contributed by atoms with van der Waals surface area (Å²) in [7, 11) is 0. The monoisotopic (exact) mass is 337 g/mol. The number of alkyl halides is 2. The highest BCUT2D eigenvalue weighted by molar-refractivity contribution is 5.78. The minimum atomic E-state index is -3.27. The zero-order valence-electron chi connectivity index (χ0n) is 13.1. The second-order valence-electron chi connectivity index (χ2n) is 5.49. The molecule has 0 saturated heterocycles. The predicted octanol–water partition coefficient (Wildman–Crippen LogP) is 3.73. The van der Waals surface area contributed by atoms with Crippen molar-refractivity contribution in [1.29, 1.82) is 0 Å². The van der Waals surface area contributed by atoms with Gasteiger partial charge in [0.15, 0.2) is 6.61 Å². The fourth-order valence-corrected chi connectivity index (χ4v) is 2.15. The fraction of sp³-hybridized carbons (Fsp3) is 0.278. The van der Waals surface area contributed by atoms with E-state index in [1.807, 2.05) is 6.07 Å². The van der Waals surface area contributed by atoms with Crippen molar-refractivity contribution in [3.05, 3.63) is 59.9 Å².